The number of hydrogen-bond donors (Lipinski definition) is 0. The summed E-state index contributed by atoms with van der Waals surface area (Å²) in [6.07, 6.45) is 3.51. The van der Waals surface area contributed by atoms with Crippen molar-refractivity contribution in [1.82, 2.24) is 4.90 Å². The third-order valence-electron chi connectivity index (χ3n) is 2.38. The maximum atomic E-state index is 11.1. The maximum absolute atomic E-state index is 11.1. The van der Waals surface area contributed by atoms with Crippen LogP contribution in [0.25, 0.3) is 0 Å². The molecule has 0 aromatic carbocycles. The van der Waals surface area contributed by atoms with E-state index in [1.807, 2.05) is 4.90 Å². The number of ether oxygens (including phenoxy) is 1. The van der Waals surface area contributed by atoms with Gasteiger partial charge in [0, 0.05) is 26.6 Å². The molecule has 0 spiro atoms. The van der Waals surface area contributed by atoms with Gasteiger partial charge >= 0.3 is 0 Å². The van der Waals surface area contributed by atoms with Crippen LogP contribution in [0.2, 0.25) is 0 Å². The quantitative estimate of drug-likeness (QED) is 0.665. The topological polar surface area (TPSA) is 29.5 Å². The molecule has 1 unspecified atom stereocenters. The molecule has 1 amide bonds. The summed E-state index contributed by atoms with van der Waals surface area (Å²) in [6.45, 7) is 6.24. The molecule has 1 heterocycles. The molecular weight excluding hydrogens is 166 g/mol. The standard InChI is InChI=1S/C10H19NO2/c1-3-7-13-10-5-4-6-11(8-10)9(2)12/h10H,3-8H2,1-2H3. The van der Waals surface area contributed by atoms with Gasteiger partial charge < -0.3 is 9.64 Å². The van der Waals surface area contributed by atoms with Gasteiger partial charge in [-0.25, -0.2) is 0 Å². The largest absolute Gasteiger partial charge is 0.376 e. The highest BCUT2D eigenvalue weighted by molar-refractivity contribution is 5.73. The third-order valence-corrected chi connectivity index (χ3v) is 2.38. The van der Waals surface area contributed by atoms with Gasteiger partial charge in [0.2, 0.25) is 5.91 Å². The molecule has 13 heavy (non-hydrogen) atoms. The normalized spacial score (nSPS) is 23.2. The summed E-state index contributed by atoms with van der Waals surface area (Å²) in [5.74, 6) is 0.171. The average molecular weight is 185 g/mol. The van der Waals surface area contributed by atoms with Crippen LogP contribution in [0.15, 0.2) is 0 Å². The van der Waals surface area contributed by atoms with E-state index >= 15 is 0 Å². The Labute approximate surface area is 80.1 Å². The Balaban J connectivity index is 2.29. The van der Waals surface area contributed by atoms with Crippen LogP contribution in [-0.4, -0.2) is 36.6 Å². The zero-order chi connectivity index (χ0) is 9.68. The second kappa shape index (κ2) is 5.22. The fraction of sp³-hybridized carbons (Fsp3) is 0.900. The SMILES string of the molecule is CCCOC1CCCN(C(C)=O)C1. The van der Waals surface area contributed by atoms with Crippen molar-refractivity contribution in [3.8, 4) is 0 Å². The van der Waals surface area contributed by atoms with E-state index in [0.717, 1.165) is 39.0 Å². The van der Waals surface area contributed by atoms with E-state index in [1.165, 1.54) is 0 Å². The summed E-state index contributed by atoms with van der Waals surface area (Å²) in [5, 5.41) is 0. The Morgan fingerprint density at radius 2 is 2.38 bits per heavy atom. The van der Waals surface area contributed by atoms with Crippen LogP contribution in [-0.2, 0) is 9.53 Å². The number of carbonyl (C=O) groups is 1. The fourth-order valence-corrected chi connectivity index (χ4v) is 1.64. The van der Waals surface area contributed by atoms with Crippen molar-refractivity contribution in [1.29, 1.82) is 0 Å². The third kappa shape index (κ3) is 3.35. The number of likely N-dealkylation sites (tertiary alicyclic amines) is 1. The molecule has 1 aliphatic heterocycles. The second-order valence-corrected chi connectivity index (χ2v) is 3.60. The zero-order valence-corrected chi connectivity index (χ0v) is 8.58. The minimum Gasteiger partial charge on any atom is -0.376 e. The van der Waals surface area contributed by atoms with Crippen molar-refractivity contribution in [2.24, 2.45) is 0 Å². The van der Waals surface area contributed by atoms with Crippen molar-refractivity contribution in [2.45, 2.75) is 39.2 Å². The Kier molecular flexibility index (Phi) is 4.22. The maximum Gasteiger partial charge on any atom is 0.219 e. The number of carbonyl (C=O) groups excluding carboxylic acids is 1. The molecule has 3 heteroatoms. The molecule has 1 fully saturated rings. The Morgan fingerprint density at radius 1 is 1.62 bits per heavy atom. The summed E-state index contributed by atoms with van der Waals surface area (Å²) < 4.78 is 5.62. The molecule has 3 nitrogen and oxygen atoms in total. The number of hydrogen-bond acceptors (Lipinski definition) is 2. The number of rotatable bonds is 3. The molecular formula is C10H19NO2. The van der Waals surface area contributed by atoms with E-state index in [1.54, 1.807) is 6.92 Å². The highest BCUT2D eigenvalue weighted by Crippen LogP contribution is 2.13. The van der Waals surface area contributed by atoms with Gasteiger partial charge in [-0.2, -0.15) is 0 Å². The molecule has 1 aliphatic rings. The summed E-state index contributed by atoms with van der Waals surface area (Å²) in [5.41, 5.74) is 0. The lowest BCUT2D eigenvalue weighted by molar-refractivity contribution is -0.132. The van der Waals surface area contributed by atoms with E-state index in [2.05, 4.69) is 6.92 Å². The minimum atomic E-state index is 0.171. The summed E-state index contributed by atoms with van der Waals surface area (Å²) in [4.78, 5) is 13.0. The predicted octanol–water partition coefficient (Wildman–Crippen LogP) is 1.42. The molecule has 0 aromatic rings. The second-order valence-electron chi connectivity index (χ2n) is 3.60. The molecule has 1 saturated heterocycles. The van der Waals surface area contributed by atoms with Crippen molar-refractivity contribution >= 4 is 5.91 Å². The lowest BCUT2D eigenvalue weighted by atomic mass is 10.1. The van der Waals surface area contributed by atoms with E-state index in [-0.39, 0.29) is 12.0 Å². The van der Waals surface area contributed by atoms with Crippen LogP contribution in [0, 0.1) is 0 Å². The van der Waals surface area contributed by atoms with Crippen molar-refractivity contribution in [3.05, 3.63) is 0 Å². The molecule has 0 saturated carbocycles. The molecule has 0 N–H and O–H groups in total. The van der Waals surface area contributed by atoms with Gasteiger partial charge in [0.05, 0.1) is 6.10 Å². The highest BCUT2D eigenvalue weighted by Gasteiger charge is 2.21. The first-order chi connectivity index (χ1) is 6.24. The molecule has 76 valence electrons. The van der Waals surface area contributed by atoms with E-state index in [9.17, 15) is 4.79 Å². The van der Waals surface area contributed by atoms with Crippen LogP contribution < -0.4 is 0 Å². The van der Waals surface area contributed by atoms with Gasteiger partial charge in [0.25, 0.3) is 0 Å². The predicted molar refractivity (Wildman–Crippen MR) is 51.5 cm³/mol. The fourth-order valence-electron chi connectivity index (χ4n) is 1.64. The van der Waals surface area contributed by atoms with Gasteiger partial charge in [0.1, 0.15) is 0 Å². The minimum absolute atomic E-state index is 0.171. The average Bonchev–Trinajstić information content (AvgIpc) is 2.15. The highest BCUT2D eigenvalue weighted by atomic mass is 16.5. The first kappa shape index (κ1) is 10.5. The van der Waals surface area contributed by atoms with Gasteiger partial charge in [-0.3, -0.25) is 4.79 Å². The van der Waals surface area contributed by atoms with Crippen LogP contribution in [0.1, 0.15) is 33.1 Å². The lowest BCUT2D eigenvalue weighted by Crippen LogP contribution is -2.42. The monoisotopic (exact) mass is 185 g/mol. The summed E-state index contributed by atoms with van der Waals surface area (Å²) in [6, 6.07) is 0. The van der Waals surface area contributed by atoms with E-state index in [0.29, 0.717) is 0 Å². The molecule has 0 radical (unpaired) electrons. The molecule has 0 aromatic heterocycles. The summed E-state index contributed by atoms with van der Waals surface area (Å²) in [7, 11) is 0. The number of amides is 1. The number of piperidine rings is 1. The lowest BCUT2D eigenvalue weighted by Gasteiger charge is -2.31. The van der Waals surface area contributed by atoms with E-state index < -0.39 is 0 Å². The van der Waals surface area contributed by atoms with Crippen molar-refractivity contribution < 1.29 is 9.53 Å². The Hall–Kier alpha value is -0.570. The van der Waals surface area contributed by atoms with Crippen LogP contribution in [0.5, 0.6) is 0 Å². The van der Waals surface area contributed by atoms with Crippen LogP contribution >= 0.6 is 0 Å². The van der Waals surface area contributed by atoms with Crippen LogP contribution in [0.3, 0.4) is 0 Å². The van der Waals surface area contributed by atoms with Crippen molar-refractivity contribution in [3.63, 3.8) is 0 Å². The number of nitrogens with zero attached hydrogens (tertiary/aromatic N) is 1. The van der Waals surface area contributed by atoms with Gasteiger partial charge in [-0.15, -0.1) is 0 Å². The first-order valence-electron chi connectivity index (χ1n) is 5.11. The van der Waals surface area contributed by atoms with Crippen molar-refractivity contribution in [2.75, 3.05) is 19.7 Å². The summed E-state index contributed by atoms with van der Waals surface area (Å²) >= 11 is 0. The first-order valence-corrected chi connectivity index (χ1v) is 5.11. The molecule has 0 aliphatic carbocycles. The van der Waals surface area contributed by atoms with Gasteiger partial charge in [0.15, 0.2) is 0 Å². The molecule has 1 rings (SSSR count). The Morgan fingerprint density at radius 3 is 3.00 bits per heavy atom. The molecule has 1 atom stereocenters. The van der Waals surface area contributed by atoms with Crippen LogP contribution in [0.4, 0.5) is 0 Å². The zero-order valence-electron chi connectivity index (χ0n) is 8.58. The van der Waals surface area contributed by atoms with E-state index in [4.69, 9.17) is 4.74 Å². The van der Waals surface area contributed by atoms with Gasteiger partial charge in [-0.05, 0) is 19.3 Å². The molecule has 0 bridgehead atoms. The van der Waals surface area contributed by atoms with Gasteiger partial charge in [-0.1, -0.05) is 6.92 Å². The Bertz CT molecular complexity index is 170. The smallest absolute Gasteiger partial charge is 0.219 e.